The third-order valence-corrected chi connectivity index (χ3v) is 3.56. The lowest BCUT2D eigenvalue weighted by Crippen LogP contribution is -2.35. The van der Waals surface area contributed by atoms with Crippen molar-refractivity contribution < 1.29 is 4.74 Å². The Morgan fingerprint density at radius 1 is 1.38 bits per heavy atom. The number of rotatable bonds is 4. The highest BCUT2D eigenvalue weighted by atomic mass is 16.5. The minimum atomic E-state index is 0.306. The molecule has 1 saturated heterocycles. The number of hydrogen-bond acceptors (Lipinski definition) is 2. The normalized spacial score (nSPS) is 24.9. The maximum Gasteiger partial charge on any atom is 0.0538 e. The molecule has 1 aromatic carbocycles. The van der Waals surface area contributed by atoms with Crippen LogP contribution in [-0.4, -0.2) is 26.8 Å². The van der Waals surface area contributed by atoms with Crippen molar-refractivity contribution >= 4 is 0 Å². The molecule has 0 radical (unpaired) electrons. The van der Waals surface area contributed by atoms with E-state index in [1.165, 1.54) is 17.5 Å². The van der Waals surface area contributed by atoms with Crippen LogP contribution >= 0.6 is 0 Å². The van der Waals surface area contributed by atoms with Gasteiger partial charge in [-0.1, -0.05) is 24.3 Å². The van der Waals surface area contributed by atoms with Gasteiger partial charge in [-0.3, -0.25) is 0 Å². The fourth-order valence-corrected chi connectivity index (χ4v) is 2.58. The quantitative estimate of drug-likeness (QED) is 0.838. The summed E-state index contributed by atoms with van der Waals surface area (Å²) < 4.78 is 5.59. The minimum Gasteiger partial charge on any atom is -0.381 e. The highest BCUT2D eigenvalue weighted by Crippen LogP contribution is 2.32. The van der Waals surface area contributed by atoms with E-state index in [9.17, 15) is 0 Å². The monoisotopic (exact) mass is 219 g/mol. The summed E-state index contributed by atoms with van der Waals surface area (Å²) in [6, 6.07) is 8.67. The smallest absolute Gasteiger partial charge is 0.0538 e. The number of hydrogen-bond donors (Lipinski definition) is 1. The summed E-state index contributed by atoms with van der Waals surface area (Å²) in [5.74, 6) is 0. The molecule has 1 aliphatic rings. The molecule has 0 amide bonds. The molecule has 1 atom stereocenters. The zero-order valence-electron chi connectivity index (χ0n) is 10.3. The van der Waals surface area contributed by atoms with Crippen LogP contribution in [0, 0.1) is 12.3 Å². The number of ether oxygens (including phenoxy) is 1. The van der Waals surface area contributed by atoms with E-state index in [4.69, 9.17) is 4.74 Å². The summed E-state index contributed by atoms with van der Waals surface area (Å²) in [4.78, 5) is 0. The molecule has 88 valence electrons. The lowest BCUT2D eigenvalue weighted by atomic mass is 9.80. The van der Waals surface area contributed by atoms with Crippen molar-refractivity contribution in [1.82, 2.24) is 5.32 Å². The van der Waals surface area contributed by atoms with Gasteiger partial charge in [-0.05, 0) is 37.9 Å². The molecule has 1 aromatic rings. The van der Waals surface area contributed by atoms with Gasteiger partial charge >= 0.3 is 0 Å². The summed E-state index contributed by atoms with van der Waals surface area (Å²) >= 11 is 0. The molecule has 1 heterocycles. The van der Waals surface area contributed by atoms with Crippen molar-refractivity contribution in [2.45, 2.75) is 19.8 Å². The Labute approximate surface area is 98.0 Å². The van der Waals surface area contributed by atoms with Crippen LogP contribution in [0.5, 0.6) is 0 Å². The van der Waals surface area contributed by atoms with Crippen LogP contribution in [0.1, 0.15) is 17.5 Å². The van der Waals surface area contributed by atoms with Gasteiger partial charge in [0.2, 0.25) is 0 Å². The first kappa shape index (κ1) is 11.6. The fourth-order valence-electron chi connectivity index (χ4n) is 2.58. The zero-order chi connectivity index (χ0) is 11.4. The maximum atomic E-state index is 5.59. The third-order valence-electron chi connectivity index (χ3n) is 3.56. The topological polar surface area (TPSA) is 21.3 Å². The van der Waals surface area contributed by atoms with Gasteiger partial charge in [0.1, 0.15) is 0 Å². The van der Waals surface area contributed by atoms with Gasteiger partial charge in [0, 0.05) is 18.6 Å². The number of aryl methyl sites for hydroxylation is 1. The molecule has 0 spiro atoms. The van der Waals surface area contributed by atoms with E-state index in [1.807, 2.05) is 7.05 Å². The first-order valence-electron chi connectivity index (χ1n) is 6.03. The Bertz CT molecular complexity index is 342. The lowest BCUT2D eigenvalue weighted by molar-refractivity contribution is 0.150. The van der Waals surface area contributed by atoms with E-state index in [1.54, 1.807) is 0 Å². The highest BCUT2D eigenvalue weighted by Gasteiger charge is 2.34. The van der Waals surface area contributed by atoms with Crippen LogP contribution in [0.4, 0.5) is 0 Å². The van der Waals surface area contributed by atoms with Crippen molar-refractivity contribution in [2.75, 3.05) is 26.8 Å². The molecule has 16 heavy (non-hydrogen) atoms. The molecule has 1 fully saturated rings. The average Bonchev–Trinajstić information content (AvgIpc) is 2.71. The molecule has 0 saturated carbocycles. The first-order valence-corrected chi connectivity index (χ1v) is 6.03. The summed E-state index contributed by atoms with van der Waals surface area (Å²) in [5.41, 5.74) is 3.16. The van der Waals surface area contributed by atoms with Crippen LogP contribution < -0.4 is 5.32 Å². The van der Waals surface area contributed by atoms with E-state index < -0.39 is 0 Å². The number of nitrogens with one attached hydrogen (secondary N) is 1. The van der Waals surface area contributed by atoms with Gasteiger partial charge in [-0.15, -0.1) is 0 Å². The molecule has 0 aromatic heterocycles. The summed E-state index contributed by atoms with van der Waals surface area (Å²) in [5, 5.41) is 3.31. The van der Waals surface area contributed by atoms with Gasteiger partial charge in [-0.2, -0.15) is 0 Å². The average molecular weight is 219 g/mol. The SMILES string of the molecule is CNCC1(Cc2ccccc2C)CCOC1. The van der Waals surface area contributed by atoms with E-state index in [0.717, 1.165) is 26.2 Å². The third kappa shape index (κ3) is 2.45. The Balaban J connectivity index is 2.14. The molecular formula is C14H21NO. The van der Waals surface area contributed by atoms with Gasteiger partial charge in [-0.25, -0.2) is 0 Å². The highest BCUT2D eigenvalue weighted by molar-refractivity contribution is 5.27. The van der Waals surface area contributed by atoms with E-state index in [2.05, 4.69) is 36.5 Å². The Hall–Kier alpha value is -0.860. The Morgan fingerprint density at radius 2 is 2.19 bits per heavy atom. The molecule has 1 aliphatic heterocycles. The molecule has 2 rings (SSSR count). The van der Waals surface area contributed by atoms with Gasteiger partial charge in [0.15, 0.2) is 0 Å². The van der Waals surface area contributed by atoms with Crippen molar-refractivity contribution in [3.05, 3.63) is 35.4 Å². The van der Waals surface area contributed by atoms with E-state index in [0.29, 0.717) is 5.41 Å². The van der Waals surface area contributed by atoms with Gasteiger partial charge in [0.25, 0.3) is 0 Å². The molecule has 2 nitrogen and oxygen atoms in total. The van der Waals surface area contributed by atoms with Crippen molar-refractivity contribution in [3.8, 4) is 0 Å². The second-order valence-electron chi connectivity index (χ2n) is 4.94. The summed E-state index contributed by atoms with van der Waals surface area (Å²) in [6.07, 6.45) is 2.29. The summed E-state index contributed by atoms with van der Waals surface area (Å²) in [7, 11) is 2.03. The van der Waals surface area contributed by atoms with Gasteiger partial charge in [0.05, 0.1) is 6.61 Å². The molecule has 2 heteroatoms. The zero-order valence-corrected chi connectivity index (χ0v) is 10.3. The second kappa shape index (κ2) is 4.98. The largest absolute Gasteiger partial charge is 0.381 e. The van der Waals surface area contributed by atoms with Crippen molar-refractivity contribution in [3.63, 3.8) is 0 Å². The molecular weight excluding hydrogens is 198 g/mol. The first-order chi connectivity index (χ1) is 7.76. The molecule has 0 aliphatic carbocycles. The summed E-state index contributed by atoms with van der Waals surface area (Å²) in [6.45, 7) is 5.04. The van der Waals surface area contributed by atoms with Crippen LogP contribution in [0.15, 0.2) is 24.3 Å². The fraction of sp³-hybridized carbons (Fsp3) is 0.571. The predicted molar refractivity (Wildman–Crippen MR) is 66.7 cm³/mol. The second-order valence-corrected chi connectivity index (χ2v) is 4.94. The van der Waals surface area contributed by atoms with Crippen LogP contribution in [0.25, 0.3) is 0 Å². The van der Waals surface area contributed by atoms with Crippen molar-refractivity contribution in [2.24, 2.45) is 5.41 Å². The Kier molecular flexibility index (Phi) is 3.62. The number of benzene rings is 1. The standard InChI is InChI=1S/C14H21NO/c1-12-5-3-4-6-13(12)9-14(10-15-2)7-8-16-11-14/h3-6,15H,7-11H2,1-2H3. The Morgan fingerprint density at radius 3 is 2.81 bits per heavy atom. The van der Waals surface area contributed by atoms with Crippen molar-refractivity contribution in [1.29, 1.82) is 0 Å². The predicted octanol–water partition coefficient (Wildman–Crippen LogP) is 2.16. The van der Waals surface area contributed by atoms with Crippen LogP contribution in [0.3, 0.4) is 0 Å². The maximum absolute atomic E-state index is 5.59. The lowest BCUT2D eigenvalue weighted by Gasteiger charge is -2.27. The van der Waals surface area contributed by atoms with Crippen LogP contribution in [0.2, 0.25) is 0 Å². The molecule has 1 unspecified atom stereocenters. The molecule has 0 bridgehead atoms. The van der Waals surface area contributed by atoms with E-state index in [-0.39, 0.29) is 0 Å². The van der Waals surface area contributed by atoms with E-state index >= 15 is 0 Å². The minimum absolute atomic E-state index is 0.306. The van der Waals surface area contributed by atoms with Gasteiger partial charge < -0.3 is 10.1 Å². The van der Waals surface area contributed by atoms with Crippen LogP contribution in [-0.2, 0) is 11.2 Å². The molecule has 1 N–H and O–H groups in total.